The van der Waals surface area contributed by atoms with Gasteiger partial charge >= 0.3 is 0 Å². The summed E-state index contributed by atoms with van der Waals surface area (Å²) in [5, 5.41) is 0.948. The molecule has 156 valence electrons. The van der Waals surface area contributed by atoms with E-state index in [1.807, 2.05) is 11.8 Å². The number of likely N-dealkylation sites (tertiary alicyclic amines) is 1. The van der Waals surface area contributed by atoms with Gasteiger partial charge in [-0.05, 0) is 45.6 Å². The van der Waals surface area contributed by atoms with Crippen molar-refractivity contribution in [1.29, 1.82) is 0 Å². The maximum atomic E-state index is 12.8. The molecule has 2 aliphatic rings. The minimum Gasteiger partial charge on any atom is -0.356 e. The van der Waals surface area contributed by atoms with Crippen LogP contribution in [0.15, 0.2) is 17.4 Å². The van der Waals surface area contributed by atoms with Crippen molar-refractivity contribution in [2.24, 2.45) is 0 Å². The molecule has 0 bridgehead atoms. The molecular formula is C22H30N4O2S. The molecule has 2 aromatic rings. The fraction of sp³-hybridized carbons (Fsp3) is 0.591. The van der Waals surface area contributed by atoms with E-state index in [2.05, 4.69) is 16.5 Å². The molecule has 2 aromatic heterocycles. The lowest BCUT2D eigenvalue weighted by molar-refractivity contribution is 0.0787. The zero-order valence-electron chi connectivity index (χ0n) is 17.4. The van der Waals surface area contributed by atoms with Gasteiger partial charge < -0.3 is 14.5 Å². The predicted molar refractivity (Wildman–Crippen MR) is 115 cm³/mol. The number of aryl methyl sites for hydroxylation is 1. The van der Waals surface area contributed by atoms with Gasteiger partial charge in [-0.1, -0.05) is 31.0 Å². The van der Waals surface area contributed by atoms with Gasteiger partial charge in [0.25, 0.3) is 5.91 Å². The number of amides is 1. The van der Waals surface area contributed by atoms with E-state index in [4.69, 9.17) is 4.98 Å². The lowest BCUT2D eigenvalue weighted by Crippen LogP contribution is -2.27. The highest BCUT2D eigenvalue weighted by Crippen LogP contribution is 2.34. The van der Waals surface area contributed by atoms with Crippen LogP contribution in [-0.4, -0.2) is 50.0 Å². The monoisotopic (exact) mass is 414 g/mol. The van der Waals surface area contributed by atoms with Crippen LogP contribution in [0.1, 0.15) is 83.2 Å². The standard InChI is InChI=1S/C22H30N4O2S/c1-15-16(2)26(18-8-4-3-5-9-18)22(24-15)29-14-20(27)17-12-19(23-13-17)21(28)25-10-6-7-11-25/h12-13,18,23H,3-11,14H2,1-2H3. The molecule has 2 fully saturated rings. The Kier molecular flexibility index (Phi) is 6.13. The van der Waals surface area contributed by atoms with Crippen molar-refractivity contribution in [2.75, 3.05) is 18.8 Å². The molecule has 7 heteroatoms. The molecule has 1 N–H and O–H groups in total. The second-order valence-corrected chi connectivity index (χ2v) is 9.18. The molecule has 0 unspecified atom stereocenters. The van der Waals surface area contributed by atoms with Crippen molar-refractivity contribution in [1.82, 2.24) is 19.4 Å². The third kappa shape index (κ3) is 4.29. The molecule has 3 heterocycles. The van der Waals surface area contributed by atoms with E-state index in [0.717, 1.165) is 36.8 Å². The number of imidazole rings is 1. The zero-order valence-corrected chi connectivity index (χ0v) is 18.2. The van der Waals surface area contributed by atoms with Crippen LogP contribution in [0.2, 0.25) is 0 Å². The largest absolute Gasteiger partial charge is 0.356 e. The number of ketones is 1. The molecular weight excluding hydrogens is 384 g/mol. The van der Waals surface area contributed by atoms with Crippen molar-refractivity contribution >= 4 is 23.5 Å². The number of thioether (sulfide) groups is 1. The number of aromatic amines is 1. The Labute approximate surface area is 176 Å². The number of carbonyl (C=O) groups is 2. The minimum absolute atomic E-state index is 0.00621. The molecule has 4 rings (SSSR count). The molecule has 1 saturated heterocycles. The normalized spacial score (nSPS) is 17.8. The Morgan fingerprint density at radius 2 is 1.86 bits per heavy atom. The number of nitrogens with zero attached hydrogens (tertiary/aromatic N) is 3. The Hall–Kier alpha value is -2.02. The fourth-order valence-corrected chi connectivity index (χ4v) is 5.50. The van der Waals surface area contributed by atoms with Gasteiger partial charge in [0.05, 0.1) is 11.4 Å². The first-order valence-corrected chi connectivity index (χ1v) is 11.7. The van der Waals surface area contributed by atoms with E-state index in [1.54, 1.807) is 12.3 Å². The summed E-state index contributed by atoms with van der Waals surface area (Å²) in [5.41, 5.74) is 3.34. The van der Waals surface area contributed by atoms with E-state index >= 15 is 0 Å². The molecule has 0 atom stereocenters. The first kappa shape index (κ1) is 20.3. The van der Waals surface area contributed by atoms with Gasteiger partial charge in [-0.2, -0.15) is 0 Å². The SMILES string of the molecule is Cc1nc(SCC(=O)c2c[nH]c(C(=O)N3CCCC3)c2)n(C2CCCCC2)c1C. The average Bonchev–Trinajstić information content (AvgIpc) is 3.48. The van der Waals surface area contributed by atoms with E-state index < -0.39 is 0 Å². The summed E-state index contributed by atoms with van der Waals surface area (Å²) in [6, 6.07) is 2.20. The molecule has 1 aliphatic carbocycles. The number of carbonyl (C=O) groups excluding carboxylic acids is 2. The molecule has 0 aromatic carbocycles. The Morgan fingerprint density at radius 3 is 2.59 bits per heavy atom. The van der Waals surface area contributed by atoms with Crippen molar-refractivity contribution in [2.45, 2.75) is 70.0 Å². The van der Waals surface area contributed by atoms with Gasteiger partial charge in [0, 0.05) is 36.6 Å². The molecule has 1 amide bonds. The van der Waals surface area contributed by atoms with Gasteiger partial charge in [-0.15, -0.1) is 0 Å². The van der Waals surface area contributed by atoms with Gasteiger partial charge in [-0.25, -0.2) is 4.98 Å². The minimum atomic E-state index is -0.00621. The van der Waals surface area contributed by atoms with Crippen molar-refractivity contribution in [3.05, 3.63) is 34.9 Å². The van der Waals surface area contributed by atoms with Crippen LogP contribution in [0.3, 0.4) is 0 Å². The number of nitrogens with one attached hydrogen (secondary N) is 1. The number of aromatic nitrogens is 3. The summed E-state index contributed by atoms with van der Waals surface area (Å²) in [7, 11) is 0. The Morgan fingerprint density at radius 1 is 1.14 bits per heavy atom. The quantitative estimate of drug-likeness (QED) is 0.556. The topological polar surface area (TPSA) is 71.0 Å². The molecule has 6 nitrogen and oxygen atoms in total. The van der Waals surface area contributed by atoms with Crippen LogP contribution in [0.5, 0.6) is 0 Å². The van der Waals surface area contributed by atoms with E-state index in [0.29, 0.717) is 23.1 Å². The second kappa shape index (κ2) is 8.78. The van der Waals surface area contributed by atoms with Crippen LogP contribution in [0.4, 0.5) is 0 Å². The first-order valence-electron chi connectivity index (χ1n) is 10.7. The summed E-state index contributed by atoms with van der Waals surface area (Å²) < 4.78 is 2.35. The predicted octanol–water partition coefficient (Wildman–Crippen LogP) is 4.54. The van der Waals surface area contributed by atoms with Crippen LogP contribution < -0.4 is 0 Å². The summed E-state index contributed by atoms with van der Waals surface area (Å²) in [4.78, 5) is 34.8. The summed E-state index contributed by atoms with van der Waals surface area (Å²) in [6.07, 6.45) is 10.0. The number of H-pyrrole nitrogens is 1. The highest BCUT2D eigenvalue weighted by Gasteiger charge is 2.24. The molecule has 1 aliphatic heterocycles. The third-order valence-electron chi connectivity index (χ3n) is 6.26. The van der Waals surface area contributed by atoms with E-state index in [-0.39, 0.29) is 11.7 Å². The highest BCUT2D eigenvalue weighted by molar-refractivity contribution is 7.99. The van der Waals surface area contributed by atoms with E-state index in [9.17, 15) is 9.59 Å². The third-order valence-corrected chi connectivity index (χ3v) is 7.21. The molecule has 1 saturated carbocycles. The van der Waals surface area contributed by atoms with Gasteiger partial charge in [-0.3, -0.25) is 9.59 Å². The summed E-state index contributed by atoms with van der Waals surface area (Å²) in [5.74, 6) is 0.353. The number of hydrogen-bond donors (Lipinski definition) is 1. The molecule has 0 radical (unpaired) electrons. The lowest BCUT2D eigenvalue weighted by atomic mass is 9.95. The zero-order chi connectivity index (χ0) is 20.4. The summed E-state index contributed by atoms with van der Waals surface area (Å²) in [6.45, 7) is 5.78. The van der Waals surface area contributed by atoms with Crippen molar-refractivity contribution < 1.29 is 9.59 Å². The van der Waals surface area contributed by atoms with Gasteiger partial charge in [0.15, 0.2) is 10.9 Å². The van der Waals surface area contributed by atoms with Gasteiger partial charge in [0.2, 0.25) is 0 Å². The fourth-order valence-electron chi connectivity index (χ4n) is 4.45. The Bertz CT molecular complexity index is 889. The van der Waals surface area contributed by atoms with Gasteiger partial charge in [0.1, 0.15) is 5.69 Å². The van der Waals surface area contributed by atoms with Crippen molar-refractivity contribution in [3.8, 4) is 0 Å². The van der Waals surface area contributed by atoms with E-state index in [1.165, 1.54) is 49.6 Å². The Balaban J connectivity index is 1.42. The first-order chi connectivity index (χ1) is 14.0. The summed E-state index contributed by atoms with van der Waals surface area (Å²) >= 11 is 1.51. The average molecular weight is 415 g/mol. The van der Waals surface area contributed by atoms with Crippen LogP contribution in [-0.2, 0) is 0 Å². The second-order valence-electron chi connectivity index (χ2n) is 8.24. The maximum absolute atomic E-state index is 12.8. The highest BCUT2D eigenvalue weighted by atomic mass is 32.2. The number of rotatable bonds is 6. The molecule has 29 heavy (non-hydrogen) atoms. The van der Waals surface area contributed by atoms with Crippen molar-refractivity contribution in [3.63, 3.8) is 0 Å². The molecule has 0 spiro atoms. The van der Waals surface area contributed by atoms with Crippen LogP contribution in [0.25, 0.3) is 0 Å². The van der Waals surface area contributed by atoms with Crippen LogP contribution >= 0.6 is 11.8 Å². The smallest absolute Gasteiger partial charge is 0.270 e. The number of hydrogen-bond acceptors (Lipinski definition) is 4. The lowest BCUT2D eigenvalue weighted by Gasteiger charge is -2.26. The maximum Gasteiger partial charge on any atom is 0.270 e. The number of Topliss-reactive ketones (excluding diaryl/α,β-unsaturated/α-hetero) is 1. The van der Waals surface area contributed by atoms with Crippen LogP contribution in [0, 0.1) is 13.8 Å².